The van der Waals surface area contributed by atoms with Crippen LogP contribution in [-0.2, 0) is 30.3 Å². The van der Waals surface area contributed by atoms with Crippen molar-refractivity contribution in [1.29, 1.82) is 0 Å². The molecule has 0 saturated carbocycles. The molecular weight excluding hydrogens is 548 g/mol. The third kappa shape index (κ3) is 12.1. The van der Waals surface area contributed by atoms with Crippen molar-refractivity contribution in [2.75, 3.05) is 12.4 Å². The van der Waals surface area contributed by atoms with Gasteiger partial charge in [0.2, 0.25) is 11.8 Å². The topological polar surface area (TPSA) is 134 Å². The molecule has 1 heterocycles. The number of benzene rings is 1. The van der Waals surface area contributed by atoms with Crippen LogP contribution in [0.5, 0.6) is 5.75 Å². The van der Waals surface area contributed by atoms with E-state index in [-0.39, 0.29) is 24.0 Å². The molecule has 0 unspecified atom stereocenters. The van der Waals surface area contributed by atoms with E-state index in [1.54, 1.807) is 57.2 Å². The Morgan fingerprint density at radius 3 is 2.58 bits per heavy atom. The van der Waals surface area contributed by atoms with Gasteiger partial charge in [-0.15, -0.1) is 0 Å². The third-order valence-corrected chi connectivity index (χ3v) is 7.32. The molecule has 0 aromatic heterocycles. The number of phenolic OH excluding ortho intramolecular Hbond substituents is 1. The number of carbonyl (C=O) groups is 3. The van der Waals surface area contributed by atoms with E-state index in [4.69, 9.17) is 9.47 Å². The molecule has 2 rings (SSSR count). The van der Waals surface area contributed by atoms with Gasteiger partial charge in [-0.1, -0.05) is 55.5 Å². The molecule has 0 aliphatic carbocycles. The highest BCUT2D eigenvalue weighted by Crippen LogP contribution is 2.24. The Morgan fingerprint density at radius 1 is 1.16 bits per heavy atom. The molecule has 2 amide bonds. The SMILES string of the molecule is CC=C(C)C(=O)N[C@H](C)C(=O)O[C@H]1CC=CC=CC=C[C@H](OC)CC(=O)Nc2cc(O)cc(c2)CCC=C(C)[C@H](O)[C@H]1C. The van der Waals surface area contributed by atoms with Crippen LogP contribution in [0.25, 0.3) is 0 Å². The van der Waals surface area contributed by atoms with E-state index in [9.17, 15) is 24.6 Å². The maximum Gasteiger partial charge on any atom is 0.328 e. The number of fused-ring (bicyclic) bond motifs is 2. The molecule has 9 nitrogen and oxygen atoms in total. The number of nitrogens with one attached hydrogen (secondary N) is 2. The van der Waals surface area contributed by atoms with Crippen LogP contribution in [0.3, 0.4) is 0 Å². The van der Waals surface area contributed by atoms with Gasteiger partial charge < -0.3 is 30.3 Å². The van der Waals surface area contributed by atoms with Crippen LogP contribution in [0.1, 0.15) is 59.4 Å². The van der Waals surface area contributed by atoms with Crippen LogP contribution in [0.2, 0.25) is 0 Å². The summed E-state index contributed by atoms with van der Waals surface area (Å²) in [6.45, 7) is 8.62. The van der Waals surface area contributed by atoms with Crippen LogP contribution < -0.4 is 10.6 Å². The smallest absolute Gasteiger partial charge is 0.328 e. The zero-order valence-electron chi connectivity index (χ0n) is 26.0. The highest BCUT2D eigenvalue weighted by molar-refractivity contribution is 5.95. The van der Waals surface area contributed by atoms with Gasteiger partial charge in [-0.2, -0.15) is 0 Å². The van der Waals surface area contributed by atoms with Crippen molar-refractivity contribution in [3.8, 4) is 5.75 Å². The van der Waals surface area contributed by atoms with E-state index in [0.29, 0.717) is 30.5 Å². The van der Waals surface area contributed by atoms with E-state index < -0.39 is 36.2 Å². The molecule has 1 aromatic carbocycles. The molecule has 2 bridgehead atoms. The first-order valence-electron chi connectivity index (χ1n) is 14.6. The largest absolute Gasteiger partial charge is 0.508 e. The van der Waals surface area contributed by atoms with Gasteiger partial charge in [-0.05, 0) is 63.8 Å². The van der Waals surface area contributed by atoms with Gasteiger partial charge in [0, 0.05) is 36.8 Å². The summed E-state index contributed by atoms with van der Waals surface area (Å²) in [7, 11) is 1.53. The second kappa shape index (κ2) is 17.9. The quantitative estimate of drug-likeness (QED) is 0.213. The van der Waals surface area contributed by atoms with Crippen LogP contribution in [0.15, 0.2) is 78.0 Å². The number of anilines is 1. The van der Waals surface area contributed by atoms with Crippen LogP contribution >= 0.6 is 0 Å². The zero-order valence-corrected chi connectivity index (χ0v) is 26.0. The maximum absolute atomic E-state index is 12.9. The molecule has 9 heteroatoms. The molecule has 43 heavy (non-hydrogen) atoms. The summed E-state index contributed by atoms with van der Waals surface area (Å²) in [5.74, 6) is -1.60. The van der Waals surface area contributed by atoms with Crippen molar-refractivity contribution in [2.45, 2.75) is 84.7 Å². The van der Waals surface area contributed by atoms with Crippen molar-refractivity contribution in [1.82, 2.24) is 5.32 Å². The fourth-order valence-electron chi connectivity index (χ4n) is 4.45. The number of hydrogen-bond donors (Lipinski definition) is 4. The Morgan fingerprint density at radius 2 is 1.88 bits per heavy atom. The number of ether oxygens (including phenoxy) is 2. The summed E-state index contributed by atoms with van der Waals surface area (Å²) >= 11 is 0. The summed E-state index contributed by atoms with van der Waals surface area (Å²) in [5, 5.41) is 26.9. The van der Waals surface area contributed by atoms with Gasteiger partial charge in [-0.25, -0.2) is 4.79 Å². The Hall–Kier alpha value is -3.95. The van der Waals surface area contributed by atoms with E-state index in [1.807, 2.05) is 38.1 Å². The van der Waals surface area contributed by atoms with E-state index in [1.165, 1.54) is 13.2 Å². The molecule has 4 N–H and O–H groups in total. The molecule has 0 saturated heterocycles. The number of allylic oxidation sites excluding steroid dienone is 6. The van der Waals surface area contributed by atoms with Crippen molar-refractivity contribution >= 4 is 23.5 Å². The lowest BCUT2D eigenvalue weighted by molar-refractivity contribution is -0.156. The standard InChI is InChI=1S/C34H46N2O7/c1-7-22(2)33(40)35-25(5)34(41)43-30-17-12-10-8-9-11-16-29(42-6)21-31(38)36-27-18-26(19-28(37)20-27)15-13-14-23(3)32(39)24(30)4/h7-12,14,16,18-20,24-25,29-30,32,37,39H,13,15,17,21H2,1-6H3,(H,35,40)(H,36,38)/t24-,25+,29-,30-,32-/m0/s1. The van der Waals surface area contributed by atoms with E-state index >= 15 is 0 Å². The number of hydrogen-bond acceptors (Lipinski definition) is 7. The minimum atomic E-state index is -0.890. The summed E-state index contributed by atoms with van der Waals surface area (Å²) in [4.78, 5) is 37.8. The number of carbonyl (C=O) groups excluding carboxylic acids is 3. The monoisotopic (exact) mass is 594 g/mol. The second-order valence-corrected chi connectivity index (χ2v) is 10.8. The number of esters is 1. The van der Waals surface area contributed by atoms with Gasteiger partial charge in [0.1, 0.15) is 17.9 Å². The first-order valence-corrected chi connectivity index (χ1v) is 14.6. The third-order valence-electron chi connectivity index (χ3n) is 7.32. The second-order valence-electron chi connectivity index (χ2n) is 10.8. The summed E-state index contributed by atoms with van der Waals surface area (Å²) < 4.78 is 11.2. The number of aromatic hydroxyl groups is 1. The molecule has 0 spiro atoms. The summed E-state index contributed by atoms with van der Waals surface area (Å²) in [6.07, 6.45) is 13.9. The average molecular weight is 595 g/mol. The van der Waals surface area contributed by atoms with Crippen molar-refractivity contribution in [2.24, 2.45) is 5.92 Å². The summed E-state index contributed by atoms with van der Waals surface area (Å²) in [6, 6.07) is 4.07. The van der Waals surface area contributed by atoms with Gasteiger partial charge in [0.15, 0.2) is 0 Å². The Labute approximate surface area is 255 Å². The zero-order chi connectivity index (χ0) is 31.9. The lowest BCUT2D eigenvalue weighted by Crippen LogP contribution is -2.43. The number of amides is 2. The molecule has 0 fully saturated rings. The van der Waals surface area contributed by atoms with Crippen molar-refractivity contribution < 1.29 is 34.1 Å². The molecule has 1 aromatic rings. The summed E-state index contributed by atoms with van der Waals surface area (Å²) in [5.41, 5.74) is 2.52. The van der Waals surface area contributed by atoms with E-state index in [2.05, 4.69) is 10.6 Å². The van der Waals surface area contributed by atoms with Crippen LogP contribution in [-0.4, -0.2) is 59.5 Å². The minimum Gasteiger partial charge on any atom is -0.508 e. The van der Waals surface area contributed by atoms with E-state index in [0.717, 1.165) is 11.1 Å². The number of phenols is 1. The molecule has 5 atom stereocenters. The molecule has 234 valence electrons. The number of aliphatic hydroxyl groups excluding tert-OH is 1. The maximum atomic E-state index is 12.9. The Balaban J connectivity index is 2.32. The van der Waals surface area contributed by atoms with Gasteiger partial charge in [0.25, 0.3) is 0 Å². The molecule has 1 aliphatic rings. The number of aliphatic hydroxyl groups is 1. The van der Waals surface area contributed by atoms with Crippen LogP contribution in [0.4, 0.5) is 5.69 Å². The van der Waals surface area contributed by atoms with Gasteiger partial charge in [-0.3, -0.25) is 9.59 Å². The fourth-order valence-corrected chi connectivity index (χ4v) is 4.45. The van der Waals surface area contributed by atoms with Crippen molar-refractivity contribution in [3.05, 3.63) is 83.5 Å². The van der Waals surface area contributed by atoms with Gasteiger partial charge in [0.05, 0.1) is 18.6 Å². The average Bonchev–Trinajstić information content (AvgIpc) is 2.96. The predicted molar refractivity (Wildman–Crippen MR) is 168 cm³/mol. The lowest BCUT2D eigenvalue weighted by Gasteiger charge is -2.29. The Kier molecular flexibility index (Phi) is 14.7. The molecule has 0 radical (unpaired) electrons. The molecular formula is C34H46N2O7. The Bertz CT molecular complexity index is 1260. The van der Waals surface area contributed by atoms with Crippen molar-refractivity contribution in [3.63, 3.8) is 0 Å². The highest BCUT2D eigenvalue weighted by Gasteiger charge is 2.30. The fraction of sp³-hybridized carbons (Fsp3) is 0.441. The number of aryl methyl sites for hydroxylation is 1. The first kappa shape index (κ1) is 35.2. The number of rotatable bonds is 5. The minimum absolute atomic E-state index is 0.0392. The normalized spacial score (nSPS) is 23.4. The van der Waals surface area contributed by atoms with Gasteiger partial charge >= 0.3 is 5.97 Å². The first-order chi connectivity index (χ1) is 20.4. The predicted octanol–water partition coefficient (Wildman–Crippen LogP) is 5.07. The highest BCUT2D eigenvalue weighted by atomic mass is 16.5. The lowest BCUT2D eigenvalue weighted by atomic mass is 9.90. The number of methoxy groups -OCH3 is 1. The van der Waals surface area contributed by atoms with Crippen LogP contribution in [0, 0.1) is 5.92 Å². The molecule has 1 aliphatic heterocycles.